The molecule has 0 aliphatic heterocycles. The number of fused-ring (bicyclic) bond motifs is 1. The lowest BCUT2D eigenvalue weighted by molar-refractivity contribution is 0.535. The van der Waals surface area contributed by atoms with Gasteiger partial charge in [0.1, 0.15) is 5.76 Å². The summed E-state index contributed by atoms with van der Waals surface area (Å²) in [5.41, 5.74) is 1.91. The fourth-order valence-corrected chi connectivity index (χ4v) is 3.09. The molecule has 2 aromatic rings. The molecule has 110 valence electrons. The van der Waals surface area contributed by atoms with Gasteiger partial charge in [0.15, 0.2) is 5.58 Å². The smallest absolute Gasteiger partial charge is 0.155 e. The minimum Gasteiger partial charge on any atom is -0.457 e. The van der Waals surface area contributed by atoms with Crippen molar-refractivity contribution in [1.82, 2.24) is 0 Å². The fraction of sp³-hybridized carbons (Fsp3) is 0.500. The van der Waals surface area contributed by atoms with Gasteiger partial charge in [-0.05, 0) is 32.4 Å². The minimum atomic E-state index is 0.587. The summed E-state index contributed by atoms with van der Waals surface area (Å²) in [5, 5.41) is 2.26. The zero-order chi connectivity index (χ0) is 14.7. The van der Waals surface area contributed by atoms with E-state index < -0.39 is 0 Å². The third kappa shape index (κ3) is 2.91. The Morgan fingerprint density at radius 1 is 1.10 bits per heavy atom. The third-order valence-corrected chi connectivity index (χ3v) is 4.09. The molecule has 0 saturated carbocycles. The van der Waals surface area contributed by atoms with Crippen LogP contribution in [0.3, 0.4) is 0 Å². The molecule has 0 bridgehead atoms. The Bertz CT molecular complexity index is 588. The molecule has 1 aromatic heterocycles. The van der Waals surface area contributed by atoms with Crippen molar-refractivity contribution in [3.8, 4) is 0 Å². The lowest BCUT2D eigenvalue weighted by Gasteiger charge is -2.21. The highest BCUT2D eigenvalue weighted by molar-refractivity contribution is 6.38. The molecule has 0 atom stereocenters. The first-order valence-corrected chi connectivity index (χ1v) is 8.03. The lowest BCUT2D eigenvalue weighted by atomic mass is 10.1. The van der Waals surface area contributed by atoms with Crippen LogP contribution in [0.2, 0.25) is 10.0 Å². The zero-order valence-electron chi connectivity index (χ0n) is 12.3. The molecule has 0 amide bonds. The van der Waals surface area contributed by atoms with E-state index in [4.69, 9.17) is 27.6 Å². The number of furan rings is 1. The summed E-state index contributed by atoms with van der Waals surface area (Å²) in [6, 6.07) is 3.69. The maximum absolute atomic E-state index is 6.28. The number of benzene rings is 1. The summed E-state index contributed by atoms with van der Waals surface area (Å²) in [6.45, 7) is 8.36. The van der Waals surface area contributed by atoms with Crippen molar-refractivity contribution in [2.24, 2.45) is 0 Å². The Hall–Kier alpha value is -0.860. The number of aryl methyl sites for hydroxylation is 1. The number of hydrogen-bond acceptors (Lipinski definition) is 2. The van der Waals surface area contributed by atoms with Gasteiger partial charge in [-0.3, -0.25) is 0 Å². The highest BCUT2D eigenvalue weighted by atomic mass is 35.5. The highest BCUT2D eigenvalue weighted by Gasteiger charge is 2.20. The standard InChI is InChI=1S/C16H21Cl2NO/c1-4-7-8-14-15(19(5-2)6-3)12-9-11(17)10-13(18)16(12)20-14/h9-10H,4-8H2,1-3H3. The molecule has 2 rings (SSSR count). The predicted molar refractivity (Wildman–Crippen MR) is 88.4 cm³/mol. The predicted octanol–water partition coefficient (Wildman–Crippen LogP) is 5.93. The Labute approximate surface area is 130 Å². The quantitative estimate of drug-likeness (QED) is 0.657. The molecule has 1 heterocycles. The Kier molecular flexibility index (Phi) is 5.22. The molecule has 0 aliphatic rings. The van der Waals surface area contributed by atoms with Crippen LogP contribution in [0, 0.1) is 0 Å². The average molecular weight is 314 g/mol. The number of unbranched alkanes of at least 4 members (excludes halogenated alkanes) is 1. The summed E-state index contributed by atoms with van der Waals surface area (Å²) in [6.07, 6.45) is 3.19. The molecule has 0 fully saturated rings. The van der Waals surface area contributed by atoms with Gasteiger partial charge in [0, 0.05) is 29.9 Å². The van der Waals surface area contributed by atoms with Gasteiger partial charge in [0.2, 0.25) is 0 Å². The molecular formula is C16H21Cl2NO. The van der Waals surface area contributed by atoms with Gasteiger partial charge >= 0.3 is 0 Å². The minimum absolute atomic E-state index is 0.587. The molecule has 0 unspecified atom stereocenters. The second-order valence-electron chi connectivity index (χ2n) is 4.91. The maximum atomic E-state index is 6.28. The van der Waals surface area contributed by atoms with Gasteiger partial charge in [-0.1, -0.05) is 36.5 Å². The van der Waals surface area contributed by atoms with Crippen LogP contribution < -0.4 is 4.90 Å². The molecule has 0 N–H and O–H groups in total. The van der Waals surface area contributed by atoms with Crippen molar-refractivity contribution >= 4 is 39.9 Å². The summed E-state index contributed by atoms with van der Waals surface area (Å²) >= 11 is 12.4. The molecule has 0 saturated heterocycles. The van der Waals surface area contributed by atoms with E-state index in [0.29, 0.717) is 10.0 Å². The van der Waals surface area contributed by atoms with Crippen LogP contribution in [-0.2, 0) is 6.42 Å². The Morgan fingerprint density at radius 3 is 2.40 bits per heavy atom. The van der Waals surface area contributed by atoms with Crippen molar-refractivity contribution in [2.45, 2.75) is 40.0 Å². The second kappa shape index (κ2) is 6.73. The number of anilines is 1. The first kappa shape index (κ1) is 15.5. The summed E-state index contributed by atoms with van der Waals surface area (Å²) in [4.78, 5) is 2.31. The van der Waals surface area contributed by atoms with Crippen LogP contribution in [0.15, 0.2) is 16.5 Å². The van der Waals surface area contributed by atoms with Crippen molar-refractivity contribution in [3.05, 3.63) is 27.9 Å². The van der Waals surface area contributed by atoms with E-state index in [2.05, 4.69) is 25.7 Å². The highest BCUT2D eigenvalue weighted by Crippen LogP contribution is 2.40. The first-order chi connectivity index (χ1) is 9.62. The molecule has 0 radical (unpaired) electrons. The fourth-order valence-electron chi connectivity index (χ4n) is 2.56. The molecule has 20 heavy (non-hydrogen) atoms. The third-order valence-electron chi connectivity index (χ3n) is 3.59. The largest absolute Gasteiger partial charge is 0.457 e. The van der Waals surface area contributed by atoms with Crippen molar-refractivity contribution in [1.29, 1.82) is 0 Å². The van der Waals surface area contributed by atoms with Crippen molar-refractivity contribution in [3.63, 3.8) is 0 Å². The second-order valence-corrected chi connectivity index (χ2v) is 5.76. The van der Waals surface area contributed by atoms with E-state index in [1.54, 1.807) is 6.07 Å². The van der Waals surface area contributed by atoms with E-state index in [1.165, 1.54) is 0 Å². The molecule has 2 nitrogen and oxygen atoms in total. The number of rotatable bonds is 6. The number of nitrogens with zero attached hydrogens (tertiary/aromatic N) is 1. The van der Waals surface area contributed by atoms with Gasteiger partial charge in [0.25, 0.3) is 0 Å². The topological polar surface area (TPSA) is 16.4 Å². The van der Waals surface area contributed by atoms with Crippen LogP contribution in [0.4, 0.5) is 5.69 Å². The Morgan fingerprint density at radius 2 is 1.80 bits per heavy atom. The zero-order valence-corrected chi connectivity index (χ0v) is 13.8. The molecule has 0 spiro atoms. The number of halogens is 2. The van der Waals surface area contributed by atoms with E-state index >= 15 is 0 Å². The van der Waals surface area contributed by atoms with Crippen LogP contribution in [0.5, 0.6) is 0 Å². The van der Waals surface area contributed by atoms with Crippen molar-refractivity contribution < 1.29 is 4.42 Å². The maximum Gasteiger partial charge on any atom is 0.155 e. The number of hydrogen-bond donors (Lipinski definition) is 0. The SMILES string of the molecule is CCCCc1oc2c(Cl)cc(Cl)cc2c1N(CC)CC. The van der Waals surface area contributed by atoms with E-state index in [9.17, 15) is 0 Å². The van der Waals surface area contributed by atoms with Crippen LogP contribution in [0.25, 0.3) is 11.0 Å². The van der Waals surface area contributed by atoms with Gasteiger partial charge in [-0.25, -0.2) is 0 Å². The van der Waals surface area contributed by atoms with Crippen molar-refractivity contribution in [2.75, 3.05) is 18.0 Å². The summed E-state index contributed by atoms with van der Waals surface area (Å²) in [7, 11) is 0. The molecular weight excluding hydrogens is 293 g/mol. The summed E-state index contributed by atoms with van der Waals surface area (Å²) < 4.78 is 6.04. The van der Waals surface area contributed by atoms with Gasteiger partial charge in [-0.2, -0.15) is 0 Å². The molecule has 0 aliphatic carbocycles. The van der Waals surface area contributed by atoms with Crippen LogP contribution in [0.1, 0.15) is 39.4 Å². The van der Waals surface area contributed by atoms with E-state index in [1.807, 2.05) is 6.07 Å². The molecule has 1 aromatic carbocycles. The van der Waals surface area contributed by atoms with E-state index in [0.717, 1.165) is 54.8 Å². The van der Waals surface area contributed by atoms with Gasteiger partial charge in [0.05, 0.1) is 10.7 Å². The Balaban J connectivity index is 2.64. The van der Waals surface area contributed by atoms with Gasteiger partial charge in [-0.15, -0.1) is 0 Å². The summed E-state index contributed by atoms with van der Waals surface area (Å²) in [5.74, 6) is 1.02. The van der Waals surface area contributed by atoms with E-state index in [-0.39, 0.29) is 0 Å². The monoisotopic (exact) mass is 313 g/mol. The lowest BCUT2D eigenvalue weighted by Crippen LogP contribution is -2.22. The average Bonchev–Trinajstić information content (AvgIpc) is 2.77. The van der Waals surface area contributed by atoms with Crippen LogP contribution in [-0.4, -0.2) is 13.1 Å². The first-order valence-electron chi connectivity index (χ1n) is 7.27. The molecule has 4 heteroatoms. The van der Waals surface area contributed by atoms with Crippen LogP contribution >= 0.6 is 23.2 Å². The normalized spacial score (nSPS) is 11.2. The van der Waals surface area contributed by atoms with Gasteiger partial charge < -0.3 is 9.32 Å².